The first kappa shape index (κ1) is 19.9. The molecule has 0 spiro atoms. The van der Waals surface area contributed by atoms with Gasteiger partial charge in [-0.25, -0.2) is 4.39 Å². The number of nitrogen functional groups attached to an aromatic ring is 1. The van der Waals surface area contributed by atoms with Gasteiger partial charge in [0.15, 0.2) is 0 Å². The van der Waals surface area contributed by atoms with Crippen LogP contribution in [0.3, 0.4) is 0 Å². The summed E-state index contributed by atoms with van der Waals surface area (Å²) in [6.07, 6.45) is 5.72. The summed E-state index contributed by atoms with van der Waals surface area (Å²) in [5, 5.41) is 3.01. The molecule has 0 unspecified atom stereocenters. The van der Waals surface area contributed by atoms with Gasteiger partial charge in [0, 0.05) is 37.9 Å². The van der Waals surface area contributed by atoms with Crippen molar-refractivity contribution >= 4 is 17.3 Å². The Morgan fingerprint density at radius 2 is 1.85 bits per heavy atom. The van der Waals surface area contributed by atoms with Gasteiger partial charge in [0.05, 0.1) is 12.2 Å². The van der Waals surface area contributed by atoms with Crippen LogP contribution in [0.1, 0.15) is 32.1 Å². The van der Waals surface area contributed by atoms with E-state index in [4.69, 9.17) is 11.5 Å². The summed E-state index contributed by atoms with van der Waals surface area (Å²) in [6.45, 7) is 5.16. The van der Waals surface area contributed by atoms with Crippen molar-refractivity contribution < 1.29 is 9.18 Å². The maximum Gasteiger partial charge on any atom is 0.233 e. The largest absolute Gasteiger partial charge is 0.396 e. The average Bonchev–Trinajstić information content (AvgIpc) is 2.70. The molecule has 0 aromatic heterocycles. The van der Waals surface area contributed by atoms with Crippen molar-refractivity contribution in [3.05, 3.63) is 24.0 Å². The first-order valence-corrected chi connectivity index (χ1v) is 10.1. The number of nitrogens with one attached hydrogen (secondary N) is 1. The van der Waals surface area contributed by atoms with Gasteiger partial charge in [-0.1, -0.05) is 0 Å². The summed E-state index contributed by atoms with van der Waals surface area (Å²) in [6, 6.07) is 5.29. The lowest BCUT2D eigenvalue weighted by molar-refractivity contribution is -0.120. The van der Waals surface area contributed by atoms with E-state index in [0.717, 1.165) is 57.2 Å². The van der Waals surface area contributed by atoms with Gasteiger partial charge in [0.1, 0.15) is 5.82 Å². The van der Waals surface area contributed by atoms with Crippen molar-refractivity contribution in [2.45, 2.75) is 38.1 Å². The number of anilines is 2. The molecule has 0 radical (unpaired) electrons. The Morgan fingerprint density at radius 1 is 1.15 bits per heavy atom. The standard InChI is InChI=1S/C20H32FN5O/c21-18-6-5-17(13-19(18)23)26-11-9-25(10-12-26)8-7-15-1-3-16(4-2-15)24-20(27)14-22/h5-6,13,15-16H,1-4,7-12,14,22-23H2,(H,24,27). The summed E-state index contributed by atoms with van der Waals surface area (Å²) >= 11 is 0. The maximum atomic E-state index is 13.3. The van der Waals surface area contributed by atoms with E-state index in [9.17, 15) is 9.18 Å². The molecule has 2 aliphatic rings. The highest BCUT2D eigenvalue weighted by molar-refractivity contribution is 5.78. The molecule has 0 atom stereocenters. The third-order valence-electron chi connectivity index (χ3n) is 5.97. The van der Waals surface area contributed by atoms with Gasteiger partial charge in [-0.3, -0.25) is 9.69 Å². The van der Waals surface area contributed by atoms with E-state index in [1.807, 2.05) is 6.07 Å². The normalized spacial score (nSPS) is 24.0. The van der Waals surface area contributed by atoms with Crippen molar-refractivity contribution in [2.24, 2.45) is 11.7 Å². The summed E-state index contributed by atoms with van der Waals surface area (Å²) in [5.41, 5.74) is 12.3. The zero-order chi connectivity index (χ0) is 19.2. The van der Waals surface area contributed by atoms with E-state index in [1.54, 1.807) is 6.07 Å². The molecule has 150 valence electrons. The number of benzene rings is 1. The van der Waals surface area contributed by atoms with E-state index in [-0.39, 0.29) is 24.0 Å². The van der Waals surface area contributed by atoms with Crippen molar-refractivity contribution in [2.75, 3.05) is 49.9 Å². The molecule has 1 amide bonds. The number of halogens is 1. The monoisotopic (exact) mass is 377 g/mol. The lowest BCUT2D eigenvalue weighted by atomic mass is 9.84. The van der Waals surface area contributed by atoms with Crippen molar-refractivity contribution in [1.29, 1.82) is 0 Å². The Bertz CT molecular complexity index is 625. The number of hydrogen-bond donors (Lipinski definition) is 3. The topological polar surface area (TPSA) is 87.6 Å². The quantitative estimate of drug-likeness (QED) is 0.655. The number of rotatable bonds is 6. The molecular formula is C20H32FN5O. The first-order chi connectivity index (χ1) is 13.0. The number of amides is 1. The van der Waals surface area contributed by atoms with Crippen molar-refractivity contribution in [3.8, 4) is 0 Å². The number of hydrogen-bond acceptors (Lipinski definition) is 5. The molecule has 7 heteroatoms. The highest BCUT2D eigenvalue weighted by Crippen LogP contribution is 2.27. The van der Waals surface area contributed by atoms with E-state index in [2.05, 4.69) is 15.1 Å². The van der Waals surface area contributed by atoms with Gasteiger partial charge < -0.3 is 21.7 Å². The van der Waals surface area contributed by atoms with Crippen LogP contribution in [0.4, 0.5) is 15.8 Å². The lowest BCUT2D eigenvalue weighted by Gasteiger charge is -2.37. The minimum Gasteiger partial charge on any atom is -0.396 e. The van der Waals surface area contributed by atoms with Crippen LogP contribution in [0.25, 0.3) is 0 Å². The SMILES string of the molecule is NCC(=O)NC1CCC(CCN2CCN(c3ccc(F)c(N)c3)CC2)CC1. The molecule has 1 saturated heterocycles. The fourth-order valence-electron chi connectivity index (χ4n) is 4.20. The van der Waals surface area contributed by atoms with Gasteiger partial charge >= 0.3 is 0 Å². The lowest BCUT2D eigenvalue weighted by Crippen LogP contribution is -2.47. The predicted molar refractivity (Wildman–Crippen MR) is 107 cm³/mol. The molecule has 1 heterocycles. The molecule has 1 aromatic carbocycles. The van der Waals surface area contributed by atoms with Crippen molar-refractivity contribution in [1.82, 2.24) is 10.2 Å². The minimum absolute atomic E-state index is 0.0424. The van der Waals surface area contributed by atoms with Gasteiger partial charge in [0.2, 0.25) is 5.91 Å². The molecule has 27 heavy (non-hydrogen) atoms. The average molecular weight is 378 g/mol. The minimum atomic E-state index is -0.352. The fraction of sp³-hybridized carbons (Fsp3) is 0.650. The highest BCUT2D eigenvalue weighted by atomic mass is 19.1. The Hall–Kier alpha value is -1.86. The second-order valence-electron chi connectivity index (χ2n) is 7.81. The third-order valence-corrected chi connectivity index (χ3v) is 5.97. The second kappa shape index (κ2) is 9.37. The molecular weight excluding hydrogens is 345 g/mol. The number of piperazine rings is 1. The Morgan fingerprint density at radius 3 is 2.48 bits per heavy atom. The highest BCUT2D eigenvalue weighted by Gasteiger charge is 2.23. The molecule has 1 saturated carbocycles. The van der Waals surface area contributed by atoms with E-state index >= 15 is 0 Å². The molecule has 2 fully saturated rings. The summed E-state index contributed by atoms with van der Waals surface area (Å²) < 4.78 is 13.3. The Kier molecular flexibility index (Phi) is 6.90. The summed E-state index contributed by atoms with van der Waals surface area (Å²) in [4.78, 5) is 16.2. The van der Waals surface area contributed by atoms with E-state index < -0.39 is 0 Å². The second-order valence-corrected chi connectivity index (χ2v) is 7.81. The number of carbonyl (C=O) groups is 1. The third kappa shape index (κ3) is 5.56. The van der Waals surface area contributed by atoms with Crippen LogP contribution in [0, 0.1) is 11.7 Å². The number of carbonyl (C=O) groups excluding carboxylic acids is 1. The first-order valence-electron chi connectivity index (χ1n) is 10.1. The molecule has 1 aliphatic carbocycles. The van der Waals surface area contributed by atoms with Gasteiger partial charge in [-0.15, -0.1) is 0 Å². The zero-order valence-electron chi connectivity index (χ0n) is 16.0. The molecule has 5 N–H and O–H groups in total. The van der Waals surface area contributed by atoms with Crippen LogP contribution in [0.2, 0.25) is 0 Å². The molecule has 0 bridgehead atoms. The fourth-order valence-corrected chi connectivity index (χ4v) is 4.20. The van der Waals surface area contributed by atoms with Gasteiger partial charge in [-0.2, -0.15) is 0 Å². The van der Waals surface area contributed by atoms with Crippen LogP contribution < -0.4 is 21.7 Å². The molecule has 6 nitrogen and oxygen atoms in total. The summed E-state index contributed by atoms with van der Waals surface area (Å²) in [7, 11) is 0. The predicted octanol–water partition coefficient (Wildman–Crippen LogP) is 1.55. The van der Waals surface area contributed by atoms with Crippen LogP contribution in [-0.2, 0) is 4.79 Å². The molecule has 1 aliphatic heterocycles. The van der Waals surface area contributed by atoms with E-state index in [0.29, 0.717) is 6.04 Å². The molecule has 1 aromatic rings. The van der Waals surface area contributed by atoms with Crippen LogP contribution in [0.15, 0.2) is 18.2 Å². The Labute approximate surface area is 161 Å². The van der Waals surface area contributed by atoms with Crippen LogP contribution in [0.5, 0.6) is 0 Å². The van der Waals surface area contributed by atoms with Gasteiger partial charge in [0.25, 0.3) is 0 Å². The zero-order valence-corrected chi connectivity index (χ0v) is 16.0. The maximum absolute atomic E-state index is 13.3. The summed E-state index contributed by atoms with van der Waals surface area (Å²) in [5.74, 6) is 0.361. The van der Waals surface area contributed by atoms with E-state index in [1.165, 1.54) is 25.3 Å². The van der Waals surface area contributed by atoms with Gasteiger partial charge in [-0.05, 0) is 62.8 Å². The number of nitrogens with two attached hydrogens (primary N) is 2. The number of nitrogens with zero attached hydrogens (tertiary/aromatic N) is 2. The van der Waals surface area contributed by atoms with Crippen LogP contribution in [-0.4, -0.2) is 56.1 Å². The van der Waals surface area contributed by atoms with Crippen molar-refractivity contribution in [3.63, 3.8) is 0 Å². The molecule has 3 rings (SSSR count). The smallest absolute Gasteiger partial charge is 0.233 e. The Balaban J connectivity index is 1.35. The van der Waals surface area contributed by atoms with Crippen LogP contribution >= 0.6 is 0 Å².